The van der Waals surface area contributed by atoms with Gasteiger partial charge in [0, 0.05) is 17.7 Å². The zero-order valence-corrected chi connectivity index (χ0v) is 17.6. The summed E-state index contributed by atoms with van der Waals surface area (Å²) in [5, 5.41) is 2.91. The Kier molecular flexibility index (Phi) is 7.90. The minimum atomic E-state index is -0.151. The molecule has 4 nitrogen and oxygen atoms in total. The van der Waals surface area contributed by atoms with Gasteiger partial charge < -0.3 is 14.8 Å². The van der Waals surface area contributed by atoms with Gasteiger partial charge in [-0.2, -0.15) is 0 Å². The summed E-state index contributed by atoms with van der Waals surface area (Å²) in [7, 11) is 0. The molecule has 0 unspecified atom stereocenters. The minimum Gasteiger partial charge on any atom is -0.494 e. The van der Waals surface area contributed by atoms with Crippen LogP contribution in [0.4, 0.5) is 5.69 Å². The Morgan fingerprint density at radius 2 is 1.40 bits per heavy atom. The lowest BCUT2D eigenvalue weighted by Crippen LogP contribution is -2.11. The Labute approximate surface area is 178 Å². The highest BCUT2D eigenvalue weighted by Gasteiger charge is 2.07. The molecule has 0 saturated carbocycles. The van der Waals surface area contributed by atoms with Crippen LogP contribution in [0, 0.1) is 5.92 Å². The fourth-order valence-electron chi connectivity index (χ4n) is 2.88. The van der Waals surface area contributed by atoms with Crippen LogP contribution < -0.4 is 14.8 Å². The van der Waals surface area contributed by atoms with E-state index in [-0.39, 0.29) is 5.91 Å². The Hall–Kier alpha value is -3.27. The molecule has 0 heterocycles. The molecule has 0 bridgehead atoms. The van der Waals surface area contributed by atoms with Crippen LogP contribution in [0.15, 0.2) is 78.9 Å². The molecule has 156 valence electrons. The van der Waals surface area contributed by atoms with Crippen LogP contribution in [0.1, 0.15) is 36.2 Å². The molecule has 0 aliphatic carbocycles. The number of anilines is 1. The number of rotatable bonds is 10. The molecular weight excluding hydrogens is 374 g/mol. The molecular formula is C26H29NO3. The smallest absolute Gasteiger partial charge is 0.255 e. The van der Waals surface area contributed by atoms with Crippen LogP contribution in [-0.2, 0) is 6.42 Å². The van der Waals surface area contributed by atoms with Crippen LogP contribution in [0.25, 0.3) is 0 Å². The van der Waals surface area contributed by atoms with Gasteiger partial charge in [-0.3, -0.25) is 4.79 Å². The van der Waals surface area contributed by atoms with Gasteiger partial charge in [-0.1, -0.05) is 44.2 Å². The molecule has 3 aromatic rings. The van der Waals surface area contributed by atoms with Crippen LogP contribution in [0.3, 0.4) is 0 Å². The summed E-state index contributed by atoms with van der Waals surface area (Å²) in [5.41, 5.74) is 2.57. The number of hydrogen-bond acceptors (Lipinski definition) is 3. The number of hydrogen-bond donors (Lipinski definition) is 1. The highest BCUT2D eigenvalue weighted by Crippen LogP contribution is 2.18. The molecule has 3 aromatic carbocycles. The third-order valence-corrected chi connectivity index (χ3v) is 4.69. The highest BCUT2D eigenvalue weighted by atomic mass is 16.5. The van der Waals surface area contributed by atoms with Crippen molar-refractivity contribution < 1.29 is 14.3 Å². The Morgan fingerprint density at radius 3 is 2.03 bits per heavy atom. The first-order chi connectivity index (χ1) is 14.6. The van der Waals surface area contributed by atoms with Crippen LogP contribution in [-0.4, -0.2) is 19.1 Å². The summed E-state index contributed by atoms with van der Waals surface area (Å²) in [6.07, 6.45) is 1.87. The van der Waals surface area contributed by atoms with E-state index in [1.165, 1.54) is 5.56 Å². The van der Waals surface area contributed by atoms with E-state index in [0.29, 0.717) is 24.7 Å². The third kappa shape index (κ3) is 6.96. The predicted octanol–water partition coefficient (Wildman–Crippen LogP) is 5.99. The van der Waals surface area contributed by atoms with E-state index >= 15 is 0 Å². The van der Waals surface area contributed by atoms with Gasteiger partial charge in [0.15, 0.2) is 0 Å². The van der Waals surface area contributed by atoms with E-state index in [2.05, 4.69) is 31.3 Å². The van der Waals surface area contributed by atoms with E-state index in [1.54, 1.807) is 12.1 Å². The largest absolute Gasteiger partial charge is 0.494 e. The van der Waals surface area contributed by atoms with E-state index in [0.717, 1.165) is 30.0 Å². The molecule has 1 amide bonds. The van der Waals surface area contributed by atoms with Gasteiger partial charge in [-0.05, 0) is 66.4 Å². The molecule has 0 atom stereocenters. The first-order valence-corrected chi connectivity index (χ1v) is 10.4. The average molecular weight is 404 g/mol. The summed E-state index contributed by atoms with van der Waals surface area (Å²) in [4.78, 5) is 12.5. The second-order valence-corrected chi connectivity index (χ2v) is 7.62. The highest BCUT2D eigenvalue weighted by molar-refractivity contribution is 6.04. The SMILES string of the molecule is CC(C)CCOc1ccc(C(=O)Nc2ccc(OCCc3ccccc3)cc2)cc1. The van der Waals surface area contributed by atoms with Gasteiger partial charge in [-0.25, -0.2) is 0 Å². The van der Waals surface area contributed by atoms with Crippen molar-refractivity contribution in [2.24, 2.45) is 5.92 Å². The monoisotopic (exact) mass is 403 g/mol. The number of amides is 1. The standard InChI is InChI=1S/C26H29NO3/c1-20(2)16-18-29-24-12-8-22(9-13-24)26(28)27-23-10-14-25(15-11-23)30-19-17-21-6-4-3-5-7-21/h3-15,20H,16-19H2,1-2H3,(H,27,28). The fourth-order valence-corrected chi connectivity index (χ4v) is 2.88. The van der Waals surface area contributed by atoms with E-state index in [4.69, 9.17) is 9.47 Å². The number of nitrogens with one attached hydrogen (secondary N) is 1. The van der Waals surface area contributed by atoms with E-state index in [9.17, 15) is 4.79 Å². The Bertz CT molecular complexity index is 903. The van der Waals surface area contributed by atoms with Crippen molar-refractivity contribution in [3.8, 4) is 11.5 Å². The van der Waals surface area contributed by atoms with Crippen molar-refractivity contribution in [1.29, 1.82) is 0 Å². The van der Waals surface area contributed by atoms with Gasteiger partial charge in [-0.15, -0.1) is 0 Å². The molecule has 0 radical (unpaired) electrons. The molecule has 0 spiro atoms. The van der Waals surface area contributed by atoms with Crippen molar-refractivity contribution in [2.45, 2.75) is 26.7 Å². The molecule has 0 fully saturated rings. The molecule has 4 heteroatoms. The second kappa shape index (κ2) is 11.1. The molecule has 3 rings (SSSR count). The molecule has 0 saturated heterocycles. The van der Waals surface area contributed by atoms with Gasteiger partial charge >= 0.3 is 0 Å². The molecule has 0 aromatic heterocycles. The zero-order chi connectivity index (χ0) is 21.2. The normalized spacial score (nSPS) is 10.6. The van der Waals surface area contributed by atoms with Crippen molar-refractivity contribution in [1.82, 2.24) is 0 Å². The van der Waals surface area contributed by atoms with Crippen molar-refractivity contribution >= 4 is 11.6 Å². The predicted molar refractivity (Wildman–Crippen MR) is 121 cm³/mol. The average Bonchev–Trinajstić information content (AvgIpc) is 2.76. The number of ether oxygens (including phenoxy) is 2. The number of carbonyl (C=O) groups is 1. The minimum absolute atomic E-state index is 0.151. The first-order valence-electron chi connectivity index (χ1n) is 10.4. The number of benzene rings is 3. The zero-order valence-electron chi connectivity index (χ0n) is 17.6. The van der Waals surface area contributed by atoms with Crippen molar-refractivity contribution in [3.63, 3.8) is 0 Å². The second-order valence-electron chi connectivity index (χ2n) is 7.62. The summed E-state index contributed by atoms with van der Waals surface area (Å²) in [5.74, 6) is 2.02. The van der Waals surface area contributed by atoms with Gasteiger partial charge in [0.05, 0.1) is 13.2 Å². The maximum atomic E-state index is 12.5. The van der Waals surface area contributed by atoms with Crippen LogP contribution in [0.2, 0.25) is 0 Å². The molecule has 0 aliphatic heterocycles. The molecule has 0 aliphatic rings. The maximum absolute atomic E-state index is 12.5. The van der Waals surface area contributed by atoms with Gasteiger partial charge in [0.1, 0.15) is 11.5 Å². The third-order valence-electron chi connectivity index (χ3n) is 4.69. The lowest BCUT2D eigenvalue weighted by atomic mass is 10.1. The quantitative estimate of drug-likeness (QED) is 0.453. The van der Waals surface area contributed by atoms with E-state index < -0.39 is 0 Å². The van der Waals surface area contributed by atoms with Crippen molar-refractivity contribution in [3.05, 3.63) is 90.0 Å². The lowest BCUT2D eigenvalue weighted by Gasteiger charge is -2.10. The maximum Gasteiger partial charge on any atom is 0.255 e. The summed E-state index contributed by atoms with van der Waals surface area (Å²) in [6.45, 7) is 5.63. The summed E-state index contributed by atoms with van der Waals surface area (Å²) < 4.78 is 11.5. The lowest BCUT2D eigenvalue weighted by molar-refractivity contribution is 0.102. The van der Waals surface area contributed by atoms with Gasteiger partial charge in [0.25, 0.3) is 5.91 Å². The van der Waals surface area contributed by atoms with Crippen LogP contribution in [0.5, 0.6) is 11.5 Å². The van der Waals surface area contributed by atoms with Crippen LogP contribution >= 0.6 is 0 Å². The topological polar surface area (TPSA) is 47.6 Å². The van der Waals surface area contributed by atoms with Crippen molar-refractivity contribution in [2.75, 3.05) is 18.5 Å². The van der Waals surface area contributed by atoms with E-state index in [1.807, 2.05) is 54.6 Å². The summed E-state index contributed by atoms with van der Waals surface area (Å²) >= 11 is 0. The molecule has 1 N–H and O–H groups in total. The Morgan fingerprint density at radius 1 is 0.800 bits per heavy atom. The molecule has 30 heavy (non-hydrogen) atoms. The Balaban J connectivity index is 1.45. The fraction of sp³-hybridized carbons (Fsp3) is 0.269. The van der Waals surface area contributed by atoms with Gasteiger partial charge in [0.2, 0.25) is 0 Å². The summed E-state index contributed by atoms with van der Waals surface area (Å²) in [6, 6.07) is 24.9. The first kappa shape index (κ1) is 21.4. The number of carbonyl (C=O) groups excluding carboxylic acids is 1.